The summed E-state index contributed by atoms with van der Waals surface area (Å²) in [5.74, 6) is -2.61. The maximum atomic E-state index is 14.2. The largest absolute Gasteiger partial charge is 0.496 e. The molecule has 0 aromatic heterocycles. The number of hydrogen-bond donors (Lipinski definition) is 7. The van der Waals surface area contributed by atoms with E-state index < -0.39 is 29.4 Å². The lowest BCUT2D eigenvalue weighted by atomic mass is 9.56. The Morgan fingerprint density at radius 2 is 1.38 bits per heavy atom. The monoisotopic (exact) mass is 1070 g/mol. The summed E-state index contributed by atoms with van der Waals surface area (Å²) in [6, 6.07) is 11.3. The van der Waals surface area contributed by atoms with Crippen molar-refractivity contribution in [3.05, 3.63) is 59.3 Å². The van der Waals surface area contributed by atoms with Crippen molar-refractivity contribution in [3.63, 3.8) is 0 Å². The van der Waals surface area contributed by atoms with Gasteiger partial charge in [-0.3, -0.25) is 38.8 Å². The van der Waals surface area contributed by atoms with Gasteiger partial charge in [0.25, 0.3) is 5.91 Å². The maximum absolute atomic E-state index is 14.2. The number of nitrogens with two attached hydrogens (primary N) is 1. The van der Waals surface area contributed by atoms with Crippen molar-refractivity contribution in [3.8, 4) is 11.5 Å². The average molecular weight is 1080 g/mol. The van der Waals surface area contributed by atoms with Crippen molar-refractivity contribution in [2.24, 2.45) is 34.4 Å². The Morgan fingerprint density at radius 1 is 0.805 bits per heavy atom. The molecule has 21 nitrogen and oxygen atoms in total. The van der Waals surface area contributed by atoms with Crippen LogP contribution in [0.2, 0.25) is 0 Å². The van der Waals surface area contributed by atoms with Crippen molar-refractivity contribution >= 4 is 53.1 Å². The summed E-state index contributed by atoms with van der Waals surface area (Å²) in [4.78, 5) is 89.9. The molecule has 5 unspecified atom stereocenters. The van der Waals surface area contributed by atoms with Crippen molar-refractivity contribution in [2.45, 2.75) is 77.7 Å². The third kappa shape index (κ3) is 18.2. The van der Waals surface area contributed by atoms with E-state index in [9.17, 15) is 44.1 Å². The molecule has 0 radical (unpaired) electrons. The fraction of sp³-hybridized carbons (Fsp3) is 0.625. The number of ether oxygens (including phenoxy) is 2. The Hall–Kier alpha value is -6.13. The second kappa shape index (κ2) is 30.1. The third-order valence-electron chi connectivity index (χ3n) is 15.4. The number of methoxy groups -OCH3 is 2. The molecule has 3 aliphatic rings. The van der Waals surface area contributed by atoms with Gasteiger partial charge in [-0.05, 0) is 130 Å². The van der Waals surface area contributed by atoms with Crippen molar-refractivity contribution in [2.75, 3.05) is 131 Å². The summed E-state index contributed by atoms with van der Waals surface area (Å²) in [7, 11) is 5.11. The molecular formula is C56H86N10O11. The molecule has 1 heterocycles. The number of carbonyl (C=O) groups excluding carboxylic acids is 3. The molecule has 5 rings (SSSR count). The summed E-state index contributed by atoms with van der Waals surface area (Å²) in [6.45, 7) is 14.2. The predicted octanol–water partition coefficient (Wildman–Crippen LogP) is 3.65. The standard InChI is InChI=1S/C56H86N10O11/c1-38(2)44-33-43(58-15-9-17-62(5)18-10-16-59-50(68)35-64-23-25-65(36-51(69)70)21-19-63(27-28-67)20-22-66(26-24-64)37-52(71)72)13-14-46(44)60-47(53-48(76-6)11-8-12-49(53)77-7)34-45(57)54(73)61-56(55(74)75)40(4)31-41-29-39(3)30-42(56)32-41/h8,11-14,28,33-34,38-42,58H,9-10,15-27,29-32,35-37,57H2,1-7H3,(H,59,68)(H,61,73)(H,69,70)(H,71,72)(H,74,75)/b45-34-,60-47?. The number of allylic oxidation sites excluding steroid dienone is 1. The normalized spacial score (nSPS) is 22.6. The maximum Gasteiger partial charge on any atom is 0.329 e. The Kier molecular flexibility index (Phi) is 24.2. The third-order valence-corrected chi connectivity index (χ3v) is 15.4. The van der Waals surface area contributed by atoms with E-state index in [1.165, 1.54) is 20.3 Å². The number of anilines is 1. The number of carbonyl (C=O) groups is 6. The molecule has 2 saturated carbocycles. The lowest BCUT2D eigenvalue weighted by molar-refractivity contribution is -0.158. The van der Waals surface area contributed by atoms with Gasteiger partial charge in [0, 0.05) is 71.1 Å². The minimum Gasteiger partial charge on any atom is -0.496 e. The van der Waals surface area contributed by atoms with E-state index in [1.54, 1.807) is 28.0 Å². The van der Waals surface area contributed by atoms with Gasteiger partial charge < -0.3 is 56.2 Å². The molecule has 1 aliphatic heterocycles. The Bertz CT molecular complexity index is 2330. The minimum atomic E-state index is -1.46. The number of aliphatic imine (C=N–C) groups is 1. The second-order valence-corrected chi connectivity index (χ2v) is 21.6. The van der Waals surface area contributed by atoms with Crippen LogP contribution in [0.15, 0.2) is 53.2 Å². The molecule has 0 spiro atoms. The zero-order valence-corrected chi connectivity index (χ0v) is 46.4. The summed E-state index contributed by atoms with van der Waals surface area (Å²) in [5.41, 5.74) is 8.25. The molecule has 2 aromatic carbocycles. The van der Waals surface area contributed by atoms with E-state index in [1.807, 2.05) is 35.9 Å². The summed E-state index contributed by atoms with van der Waals surface area (Å²) >= 11 is 0. The summed E-state index contributed by atoms with van der Waals surface area (Å²) < 4.78 is 11.6. The zero-order valence-electron chi connectivity index (χ0n) is 46.4. The molecular weight excluding hydrogens is 989 g/mol. The van der Waals surface area contributed by atoms with Crippen LogP contribution in [0.3, 0.4) is 0 Å². The first-order chi connectivity index (χ1) is 36.8. The van der Waals surface area contributed by atoms with Gasteiger partial charge in [0.1, 0.15) is 23.3 Å². The van der Waals surface area contributed by atoms with E-state index in [2.05, 4.69) is 47.7 Å². The van der Waals surface area contributed by atoms with Gasteiger partial charge in [-0.2, -0.15) is 0 Å². The van der Waals surface area contributed by atoms with E-state index in [0.717, 1.165) is 56.3 Å². The van der Waals surface area contributed by atoms with Crippen LogP contribution in [0.5, 0.6) is 11.5 Å². The smallest absolute Gasteiger partial charge is 0.329 e. The van der Waals surface area contributed by atoms with Crippen LogP contribution in [0.1, 0.15) is 83.3 Å². The zero-order chi connectivity index (χ0) is 56.2. The van der Waals surface area contributed by atoms with Gasteiger partial charge >= 0.3 is 17.9 Å². The first kappa shape index (κ1) is 61.7. The number of nitrogens with zero attached hydrogens (tertiary/aromatic N) is 6. The van der Waals surface area contributed by atoms with Crippen molar-refractivity contribution in [1.29, 1.82) is 0 Å². The van der Waals surface area contributed by atoms with Crippen LogP contribution in [0, 0.1) is 23.7 Å². The number of hydrogen-bond acceptors (Lipinski definition) is 16. The van der Waals surface area contributed by atoms with Crippen LogP contribution in [-0.4, -0.2) is 213 Å². The van der Waals surface area contributed by atoms with E-state index in [4.69, 9.17) is 20.2 Å². The molecule has 3 fully saturated rings. The molecule has 2 bridgehead atoms. The molecule has 21 heteroatoms. The van der Waals surface area contributed by atoms with Crippen LogP contribution in [0.25, 0.3) is 0 Å². The molecule has 426 valence electrons. The number of carboxylic acids is 3. The van der Waals surface area contributed by atoms with Gasteiger partial charge in [0.05, 0.1) is 63.1 Å². The average Bonchev–Trinajstić information content (AvgIpc) is 3.43. The quantitative estimate of drug-likeness (QED) is 0.0307. The minimum absolute atomic E-state index is 0.0422. The van der Waals surface area contributed by atoms with E-state index >= 15 is 0 Å². The number of nitrogens with one attached hydrogen (secondary N) is 3. The number of carboxylic acid groups (broad SMARTS) is 3. The van der Waals surface area contributed by atoms with Crippen LogP contribution in [-0.2, 0) is 28.8 Å². The van der Waals surface area contributed by atoms with Crippen LogP contribution < -0.4 is 31.2 Å². The van der Waals surface area contributed by atoms with E-state index in [-0.39, 0.29) is 55.5 Å². The number of rotatable bonds is 26. The van der Waals surface area contributed by atoms with Gasteiger partial charge in [0.2, 0.25) is 5.91 Å². The van der Waals surface area contributed by atoms with E-state index in [0.29, 0.717) is 119 Å². The molecule has 2 aromatic rings. The highest BCUT2D eigenvalue weighted by Crippen LogP contribution is 2.50. The van der Waals surface area contributed by atoms with Crippen LogP contribution >= 0.6 is 0 Å². The first-order valence-electron chi connectivity index (χ1n) is 27.2. The number of benzene rings is 2. The van der Waals surface area contributed by atoms with Crippen molar-refractivity contribution < 1.29 is 53.6 Å². The second-order valence-electron chi connectivity index (χ2n) is 21.6. The number of amides is 2. The lowest BCUT2D eigenvalue weighted by Crippen LogP contribution is -2.67. The molecule has 8 N–H and O–H groups in total. The Labute approximate surface area is 454 Å². The summed E-state index contributed by atoms with van der Waals surface area (Å²) in [5, 5.41) is 39.4. The van der Waals surface area contributed by atoms with Crippen LogP contribution in [0.4, 0.5) is 11.4 Å². The highest BCUT2D eigenvalue weighted by atomic mass is 16.5. The van der Waals surface area contributed by atoms with Gasteiger partial charge in [-0.25, -0.2) is 9.79 Å². The van der Waals surface area contributed by atoms with Crippen molar-refractivity contribution in [1.82, 2.24) is 35.1 Å². The Morgan fingerprint density at radius 3 is 1.92 bits per heavy atom. The number of fused-ring (bicyclic) bond motifs is 2. The number of aldehydes is 1. The fourth-order valence-corrected chi connectivity index (χ4v) is 11.4. The molecule has 2 aliphatic carbocycles. The summed E-state index contributed by atoms with van der Waals surface area (Å²) in [6.07, 6.45) is 7.06. The number of aliphatic carboxylic acids is 3. The highest BCUT2D eigenvalue weighted by molar-refractivity contribution is 6.16. The van der Waals surface area contributed by atoms with Gasteiger partial charge in [-0.15, -0.1) is 0 Å². The molecule has 2 amide bonds. The first-order valence-corrected chi connectivity index (χ1v) is 27.2. The molecule has 77 heavy (non-hydrogen) atoms. The van der Waals surface area contributed by atoms with Gasteiger partial charge in [-0.1, -0.05) is 33.8 Å². The molecule has 1 saturated heterocycles. The predicted molar refractivity (Wildman–Crippen MR) is 296 cm³/mol. The molecule has 5 atom stereocenters. The van der Waals surface area contributed by atoms with Gasteiger partial charge in [0.15, 0.2) is 0 Å². The topological polar surface area (TPSA) is 272 Å². The lowest BCUT2D eigenvalue weighted by Gasteiger charge is -2.52. The fourth-order valence-electron chi connectivity index (χ4n) is 11.4. The highest BCUT2D eigenvalue weighted by Gasteiger charge is 2.56. The Balaban J connectivity index is 1.19. The SMILES string of the molecule is COc1cccc(OC)c1C(/C=C(\N)C(=O)NC1(C(=O)O)C(C)CC2CC(C)CC1C2)=Nc1ccc(NCCCN(C)CCCNC(=O)CN2CCN(CC(=O)O)CCN(CC=O)CCN(CC(=O)O)CC2)cc1C(C)C.